The average Bonchev–Trinajstić information content (AvgIpc) is 2.22. The molecular weight excluding hydrogens is 329 g/mol. The number of hydrogen-bond donors (Lipinski definition) is 0. The molecule has 125 valence electrons. The Morgan fingerprint density at radius 3 is 1.23 bits per heavy atom. The molecule has 0 N–H and O–H groups in total. The first-order valence-electron chi connectivity index (χ1n) is 8.58. The van der Waals surface area contributed by atoms with Crippen LogP contribution in [0, 0.1) is 6.07 Å². The van der Waals surface area contributed by atoms with Crippen LogP contribution in [-0.4, -0.2) is 32.3 Å². The Kier molecular flexibility index (Phi) is 5.37. The summed E-state index contributed by atoms with van der Waals surface area (Å²) in [5.41, 5.74) is 0. The van der Waals surface area contributed by atoms with Crippen molar-refractivity contribution < 1.29 is 0 Å². The van der Waals surface area contributed by atoms with Gasteiger partial charge >= 0.3 is 0 Å². The maximum atomic E-state index is 3.82. The zero-order valence-corrected chi connectivity index (χ0v) is 21.1. The molecule has 0 saturated carbocycles. The number of hydrogen-bond acceptors (Lipinski definition) is 0. The van der Waals surface area contributed by atoms with Gasteiger partial charge in [0.1, 0.15) is 0 Å². The van der Waals surface area contributed by atoms with Crippen LogP contribution in [-0.2, 0) is 0 Å². The van der Waals surface area contributed by atoms with Gasteiger partial charge < -0.3 is 0 Å². The van der Waals surface area contributed by atoms with Gasteiger partial charge in [-0.1, -0.05) is 105 Å². The standard InChI is InChI=1S/C18H37Si4/c1-19(2,3)15-13-14-16(20(4,5)6)18(22(10,11)12)17(15)21(7,8)9/h13H,1-12H3. The van der Waals surface area contributed by atoms with Gasteiger partial charge in [-0.3, -0.25) is 0 Å². The zero-order valence-electron chi connectivity index (χ0n) is 17.1. The molecule has 0 amide bonds. The van der Waals surface area contributed by atoms with Crippen LogP contribution in [0.4, 0.5) is 0 Å². The third-order valence-corrected chi connectivity index (χ3v) is 12.9. The van der Waals surface area contributed by atoms with E-state index in [1.54, 1.807) is 15.6 Å². The Balaban J connectivity index is 4.02. The Bertz CT molecular complexity index is 496. The minimum absolute atomic E-state index is 1.34. The third kappa shape index (κ3) is 4.34. The molecule has 0 saturated heterocycles. The van der Waals surface area contributed by atoms with Crippen molar-refractivity contribution in [2.24, 2.45) is 0 Å². The topological polar surface area (TPSA) is 0 Å². The SMILES string of the molecule is C[Si](C)(C)c1[c]cc([Si](C)(C)C)c([Si](C)(C)C)c1[Si](C)(C)C. The van der Waals surface area contributed by atoms with E-state index in [1.807, 2.05) is 5.19 Å². The molecule has 0 unspecified atom stereocenters. The summed E-state index contributed by atoms with van der Waals surface area (Å²) in [7, 11) is -5.47. The van der Waals surface area contributed by atoms with Crippen molar-refractivity contribution in [3.8, 4) is 0 Å². The minimum atomic E-state index is -1.39. The van der Waals surface area contributed by atoms with E-state index >= 15 is 0 Å². The highest BCUT2D eigenvalue weighted by Gasteiger charge is 2.37. The van der Waals surface area contributed by atoms with Gasteiger partial charge in [0.15, 0.2) is 0 Å². The molecule has 0 fully saturated rings. The second kappa shape index (κ2) is 5.87. The molecule has 0 aliphatic carbocycles. The third-order valence-electron chi connectivity index (χ3n) is 4.19. The normalized spacial score (nSPS) is 14.4. The predicted molar refractivity (Wildman–Crippen MR) is 117 cm³/mol. The summed E-state index contributed by atoms with van der Waals surface area (Å²) < 4.78 is 0. The van der Waals surface area contributed by atoms with E-state index in [1.165, 1.54) is 0 Å². The van der Waals surface area contributed by atoms with Gasteiger partial charge in [-0.15, -0.1) is 0 Å². The minimum Gasteiger partial charge on any atom is -0.0656 e. The summed E-state index contributed by atoms with van der Waals surface area (Å²) in [6.07, 6.45) is 0. The molecule has 0 aliphatic heterocycles. The van der Waals surface area contributed by atoms with Crippen molar-refractivity contribution in [2.75, 3.05) is 0 Å². The second-order valence-electron chi connectivity index (χ2n) is 10.8. The molecule has 0 bridgehead atoms. The molecule has 0 atom stereocenters. The fourth-order valence-electron chi connectivity index (χ4n) is 3.26. The number of benzene rings is 1. The van der Waals surface area contributed by atoms with Gasteiger partial charge in [-0.2, -0.15) is 0 Å². The molecule has 0 aliphatic rings. The summed E-state index contributed by atoms with van der Waals surface area (Å²) in [6.45, 7) is 30.2. The van der Waals surface area contributed by atoms with Gasteiger partial charge in [0, 0.05) is 0 Å². The monoisotopic (exact) mass is 365 g/mol. The smallest absolute Gasteiger partial charge is 0.0656 e. The van der Waals surface area contributed by atoms with Crippen LogP contribution < -0.4 is 20.7 Å². The molecule has 22 heavy (non-hydrogen) atoms. The van der Waals surface area contributed by atoms with E-state index < -0.39 is 32.3 Å². The van der Waals surface area contributed by atoms with Crippen molar-refractivity contribution in [1.29, 1.82) is 0 Å². The van der Waals surface area contributed by atoms with Crippen LogP contribution in [0.5, 0.6) is 0 Å². The fourth-order valence-corrected chi connectivity index (χ4v) is 16.5. The molecule has 0 spiro atoms. The summed E-state index contributed by atoms with van der Waals surface area (Å²) >= 11 is 0. The summed E-state index contributed by atoms with van der Waals surface area (Å²) in [5.74, 6) is 0. The van der Waals surface area contributed by atoms with E-state index in [-0.39, 0.29) is 0 Å². The van der Waals surface area contributed by atoms with E-state index in [4.69, 9.17) is 0 Å². The van der Waals surface area contributed by atoms with Crippen molar-refractivity contribution in [3.05, 3.63) is 12.1 Å². The van der Waals surface area contributed by atoms with Gasteiger partial charge in [0.25, 0.3) is 0 Å². The molecule has 1 aromatic rings. The molecule has 0 nitrogen and oxygen atoms in total. The quantitative estimate of drug-likeness (QED) is 0.714. The van der Waals surface area contributed by atoms with E-state index in [2.05, 4.69) is 90.7 Å². The second-order valence-corrected chi connectivity index (χ2v) is 30.9. The van der Waals surface area contributed by atoms with Crippen LogP contribution in [0.15, 0.2) is 6.07 Å². The lowest BCUT2D eigenvalue weighted by molar-refractivity contribution is 1.64. The lowest BCUT2D eigenvalue weighted by Crippen LogP contribution is -2.72. The highest BCUT2D eigenvalue weighted by Crippen LogP contribution is 2.12. The first-order chi connectivity index (χ1) is 9.47. The predicted octanol–water partition coefficient (Wildman–Crippen LogP) is 3.67. The van der Waals surface area contributed by atoms with Crippen molar-refractivity contribution >= 4 is 53.0 Å². The average molecular weight is 366 g/mol. The summed E-state index contributed by atoms with van der Waals surface area (Å²) in [4.78, 5) is 0. The van der Waals surface area contributed by atoms with Crippen LogP contribution in [0.1, 0.15) is 0 Å². The Hall–Kier alpha value is 0.0875. The van der Waals surface area contributed by atoms with E-state index in [0.717, 1.165) is 0 Å². The van der Waals surface area contributed by atoms with Gasteiger partial charge in [0.2, 0.25) is 0 Å². The summed E-state index contributed by atoms with van der Waals surface area (Å²) in [6, 6.07) is 6.24. The lowest BCUT2D eigenvalue weighted by atomic mass is 10.3. The fraction of sp³-hybridized carbons (Fsp3) is 0.667. The molecule has 4 heteroatoms. The van der Waals surface area contributed by atoms with Crippen molar-refractivity contribution in [1.82, 2.24) is 0 Å². The van der Waals surface area contributed by atoms with E-state index in [9.17, 15) is 0 Å². The highest BCUT2D eigenvalue weighted by atomic mass is 28.3. The zero-order chi connectivity index (χ0) is 17.7. The largest absolute Gasteiger partial charge is 0.0782 e. The highest BCUT2D eigenvalue weighted by molar-refractivity contribution is 7.07. The molecule has 1 radical (unpaired) electrons. The first kappa shape index (κ1) is 20.1. The van der Waals surface area contributed by atoms with Crippen molar-refractivity contribution in [3.63, 3.8) is 0 Å². The van der Waals surface area contributed by atoms with Crippen LogP contribution in [0.25, 0.3) is 0 Å². The molecule has 1 rings (SSSR count). The first-order valence-corrected chi connectivity index (χ1v) is 22.6. The molecule has 0 aromatic heterocycles. The van der Waals surface area contributed by atoms with Gasteiger partial charge in [0.05, 0.1) is 32.3 Å². The van der Waals surface area contributed by atoms with Crippen LogP contribution in [0.3, 0.4) is 0 Å². The molecule has 1 aromatic carbocycles. The summed E-state index contributed by atoms with van der Waals surface area (Å²) in [5, 5.41) is 6.95. The van der Waals surface area contributed by atoms with Crippen molar-refractivity contribution in [2.45, 2.75) is 78.6 Å². The molecular formula is C18H37Si4. The van der Waals surface area contributed by atoms with Crippen LogP contribution in [0.2, 0.25) is 78.6 Å². The maximum absolute atomic E-state index is 3.82. The number of rotatable bonds is 4. The van der Waals surface area contributed by atoms with Gasteiger partial charge in [-0.25, -0.2) is 0 Å². The maximum Gasteiger partial charge on any atom is 0.0782 e. The van der Waals surface area contributed by atoms with Crippen LogP contribution >= 0.6 is 0 Å². The Morgan fingerprint density at radius 1 is 0.545 bits per heavy atom. The lowest BCUT2D eigenvalue weighted by Gasteiger charge is -2.38. The van der Waals surface area contributed by atoms with Gasteiger partial charge in [-0.05, 0) is 6.07 Å². The Morgan fingerprint density at radius 2 is 0.955 bits per heavy atom. The Labute approximate surface area is 143 Å². The molecule has 0 heterocycles. The van der Waals surface area contributed by atoms with E-state index in [0.29, 0.717) is 0 Å².